The molecule has 0 bridgehead atoms. The molecular formula is C18H33N3. The normalized spacial score (nSPS) is 19.3. The lowest BCUT2D eigenvalue weighted by Gasteiger charge is -2.39. The fourth-order valence-electron chi connectivity index (χ4n) is 4.46. The Hall–Kier alpha value is -0.830. The van der Waals surface area contributed by atoms with E-state index in [2.05, 4.69) is 55.9 Å². The van der Waals surface area contributed by atoms with Gasteiger partial charge in [0, 0.05) is 24.7 Å². The molecule has 1 N–H and O–H groups in total. The summed E-state index contributed by atoms with van der Waals surface area (Å²) in [5.74, 6) is 0.775. The molecule has 3 heteroatoms. The quantitative estimate of drug-likeness (QED) is 0.824. The molecule has 1 atom stereocenters. The Bertz CT molecular complexity index is 441. The van der Waals surface area contributed by atoms with Crippen LogP contribution in [0.1, 0.15) is 64.3 Å². The fourth-order valence-corrected chi connectivity index (χ4v) is 4.46. The molecule has 2 rings (SSSR count). The van der Waals surface area contributed by atoms with E-state index in [1.54, 1.807) is 0 Å². The third kappa shape index (κ3) is 3.68. The predicted molar refractivity (Wildman–Crippen MR) is 89.5 cm³/mol. The zero-order valence-corrected chi connectivity index (χ0v) is 14.6. The van der Waals surface area contributed by atoms with E-state index in [1.807, 2.05) is 0 Å². The van der Waals surface area contributed by atoms with Crippen LogP contribution < -0.4 is 5.32 Å². The first-order valence-corrected chi connectivity index (χ1v) is 8.71. The van der Waals surface area contributed by atoms with E-state index in [4.69, 9.17) is 0 Å². The Morgan fingerprint density at radius 3 is 2.52 bits per heavy atom. The van der Waals surface area contributed by atoms with Crippen molar-refractivity contribution in [1.29, 1.82) is 0 Å². The van der Waals surface area contributed by atoms with Crippen LogP contribution in [0, 0.1) is 18.3 Å². The highest BCUT2D eigenvalue weighted by Gasteiger charge is 2.41. The van der Waals surface area contributed by atoms with Crippen LogP contribution in [0.4, 0.5) is 0 Å². The molecule has 1 aliphatic carbocycles. The van der Waals surface area contributed by atoms with Gasteiger partial charge in [-0.1, -0.05) is 26.7 Å². The van der Waals surface area contributed by atoms with Crippen LogP contribution >= 0.6 is 0 Å². The molecule has 1 saturated carbocycles. The van der Waals surface area contributed by atoms with Gasteiger partial charge in [0.05, 0.1) is 5.69 Å². The number of hydrogen-bond acceptors (Lipinski definition) is 2. The van der Waals surface area contributed by atoms with Crippen molar-refractivity contribution in [2.45, 2.75) is 78.8 Å². The van der Waals surface area contributed by atoms with Gasteiger partial charge in [0.25, 0.3) is 0 Å². The molecule has 1 unspecified atom stereocenters. The number of nitrogens with zero attached hydrogens (tertiary/aromatic N) is 2. The van der Waals surface area contributed by atoms with Gasteiger partial charge in [-0.25, -0.2) is 0 Å². The largest absolute Gasteiger partial charge is 0.316 e. The third-order valence-electron chi connectivity index (χ3n) is 5.20. The lowest BCUT2D eigenvalue weighted by Crippen LogP contribution is -2.45. The van der Waals surface area contributed by atoms with Crippen LogP contribution in [-0.2, 0) is 13.0 Å². The molecule has 0 aliphatic heterocycles. The van der Waals surface area contributed by atoms with Crippen molar-refractivity contribution in [1.82, 2.24) is 15.1 Å². The summed E-state index contributed by atoms with van der Waals surface area (Å²) in [5, 5.41) is 8.27. The van der Waals surface area contributed by atoms with Gasteiger partial charge in [-0.3, -0.25) is 4.68 Å². The van der Waals surface area contributed by atoms with Gasteiger partial charge < -0.3 is 5.32 Å². The molecule has 21 heavy (non-hydrogen) atoms. The van der Waals surface area contributed by atoms with Crippen molar-refractivity contribution >= 4 is 0 Å². The molecule has 0 radical (unpaired) electrons. The van der Waals surface area contributed by atoms with Crippen LogP contribution in [0.2, 0.25) is 0 Å². The first-order valence-electron chi connectivity index (χ1n) is 8.71. The predicted octanol–water partition coefficient (Wildman–Crippen LogP) is 3.95. The molecule has 3 nitrogen and oxygen atoms in total. The summed E-state index contributed by atoms with van der Waals surface area (Å²) >= 11 is 0. The van der Waals surface area contributed by atoms with Crippen molar-refractivity contribution in [2.75, 3.05) is 7.05 Å². The minimum Gasteiger partial charge on any atom is -0.316 e. The molecule has 1 aromatic heterocycles. The number of rotatable bonds is 7. The highest BCUT2D eigenvalue weighted by atomic mass is 15.3. The van der Waals surface area contributed by atoms with E-state index < -0.39 is 0 Å². The summed E-state index contributed by atoms with van der Waals surface area (Å²) in [6.45, 7) is 9.99. The SMILES string of the molecule is CCn1nc(C)cc1CC(NC)C1(CC(C)C)CCCC1. The van der Waals surface area contributed by atoms with Crippen LogP contribution in [0.3, 0.4) is 0 Å². The highest BCUT2D eigenvalue weighted by molar-refractivity contribution is 5.12. The molecule has 1 fully saturated rings. The Balaban J connectivity index is 2.20. The summed E-state index contributed by atoms with van der Waals surface area (Å²) in [5.41, 5.74) is 3.02. The molecular weight excluding hydrogens is 258 g/mol. The summed E-state index contributed by atoms with van der Waals surface area (Å²) in [7, 11) is 2.14. The molecule has 0 aromatic carbocycles. The molecule has 0 spiro atoms. The van der Waals surface area contributed by atoms with Crippen molar-refractivity contribution in [2.24, 2.45) is 11.3 Å². The molecule has 120 valence electrons. The van der Waals surface area contributed by atoms with Gasteiger partial charge in [0.15, 0.2) is 0 Å². The van der Waals surface area contributed by atoms with Crippen LogP contribution in [0.15, 0.2) is 6.07 Å². The average Bonchev–Trinajstić information content (AvgIpc) is 3.02. The third-order valence-corrected chi connectivity index (χ3v) is 5.20. The van der Waals surface area contributed by atoms with E-state index in [9.17, 15) is 0 Å². The Morgan fingerprint density at radius 1 is 1.33 bits per heavy atom. The van der Waals surface area contributed by atoms with E-state index in [0.717, 1.165) is 24.6 Å². The number of likely N-dealkylation sites (N-methyl/N-ethyl adjacent to an activating group) is 1. The minimum absolute atomic E-state index is 0.486. The van der Waals surface area contributed by atoms with E-state index in [0.29, 0.717) is 11.5 Å². The van der Waals surface area contributed by atoms with Gasteiger partial charge in [0.2, 0.25) is 0 Å². The first kappa shape index (κ1) is 16.5. The van der Waals surface area contributed by atoms with E-state index >= 15 is 0 Å². The van der Waals surface area contributed by atoms with Gasteiger partial charge in [-0.05, 0) is 57.6 Å². The Morgan fingerprint density at radius 2 is 2.00 bits per heavy atom. The monoisotopic (exact) mass is 291 g/mol. The van der Waals surface area contributed by atoms with Crippen LogP contribution in [0.5, 0.6) is 0 Å². The van der Waals surface area contributed by atoms with Crippen molar-refractivity contribution in [3.8, 4) is 0 Å². The first-order chi connectivity index (χ1) is 10.0. The molecule has 0 saturated heterocycles. The second-order valence-corrected chi connectivity index (χ2v) is 7.31. The van der Waals surface area contributed by atoms with Crippen molar-refractivity contribution in [3.05, 3.63) is 17.5 Å². The topological polar surface area (TPSA) is 29.9 Å². The zero-order valence-electron chi connectivity index (χ0n) is 14.6. The number of nitrogens with one attached hydrogen (secondary N) is 1. The summed E-state index contributed by atoms with van der Waals surface area (Å²) in [6, 6.07) is 2.84. The summed E-state index contributed by atoms with van der Waals surface area (Å²) in [6.07, 6.45) is 8.02. The van der Waals surface area contributed by atoms with Crippen LogP contribution in [-0.4, -0.2) is 22.9 Å². The maximum absolute atomic E-state index is 4.62. The molecule has 0 amide bonds. The van der Waals surface area contributed by atoms with Gasteiger partial charge >= 0.3 is 0 Å². The van der Waals surface area contributed by atoms with Crippen LogP contribution in [0.25, 0.3) is 0 Å². The standard InChI is InChI=1S/C18H33N3/c1-6-21-16(11-15(4)20-21)12-17(19-5)18(13-14(2)3)9-7-8-10-18/h11,14,17,19H,6-10,12-13H2,1-5H3. The van der Waals surface area contributed by atoms with E-state index in [1.165, 1.54) is 37.8 Å². The Labute approximate surface area is 130 Å². The molecule has 1 aliphatic rings. The zero-order chi connectivity index (χ0) is 15.5. The fraction of sp³-hybridized carbons (Fsp3) is 0.833. The highest BCUT2D eigenvalue weighted by Crippen LogP contribution is 2.46. The van der Waals surface area contributed by atoms with Crippen molar-refractivity contribution < 1.29 is 0 Å². The minimum atomic E-state index is 0.486. The lowest BCUT2D eigenvalue weighted by molar-refractivity contribution is 0.158. The molecule has 1 heterocycles. The van der Waals surface area contributed by atoms with Crippen molar-refractivity contribution in [3.63, 3.8) is 0 Å². The number of hydrogen-bond donors (Lipinski definition) is 1. The lowest BCUT2D eigenvalue weighted by atomic mass is 9.71. The molecule has 1 aromatic rings. The van der Waals surface area contributed by atoms with Gasteiger partial charge in [0.1, 0.15) is 0 Å². The average molecular weight is 291 g/mol. The smallest absolute Gasteiger partial charge is 0.0596 e. The second kappa shape index (κ2) is 6.95. The van der Waals surface area contributed by atoms with Gasteiger partial charge in [-0.2, -0.15) is 5.10 Å². The number of aromatic nitrogens is 2. The summed E-state index contributed by atoms with van der Waals surface area (Å²) < 4.78 is 2.18. The number of aryl methyl sites for hydroxylation is 2. The second-order valence-electron chi connectivity index (χ2n) is 7.31. The maximum atomic E-state index is 4.62. The Kier molecular flexibility index (Phi) is 5.48. The van der Waals surface area contributed by atoms with Gasteiger partial charge in [-0.15, -0.1) is 0 Å². The summed E-state index contributed by atoms with van der Waals surface area (Å²) in [4.78, 5) is 0. The van der Waals surface area contributed by atoms with E-state index in [-0.39, 0.29) is 0 Å². The maximum Gasteiger partial charge on any atom is 0.0596 e.